The van der Waals surface area contributed by atoms with Crippen LogP contribution in [0.4, 0.5) is 24.5 Å². The molecule has 2 aliphatic heterocycles. The van der Waals surface area contributed by atoms with Crippen molar-refractivity contribution in [1.29, 1.82) is 0 Å². The van der Waals surface area contributed by atoms with Crippen molar-refractivity contribution >= 4 is 17.3 Å². The third-order valence-electron chi connectivity index (χ3n) is 4.84. The number of esters is 1. The highest BCUT2D eigenvalue weighted by Gasteiger charge is 2.35. The fraction of sp³-hybridized carbons (Fsp3) is 0.381. The highest BCUT2D eigenvalue weighted by Crippen LogP contribution is 2.44. The van der Waals surface area contributed by atoms with Gasteiger partial charge in [-0.15, -0.1) is 13.2 Å². The first-order chi connectivity index (χ1) is 14.1. The molecule has 30 heavy (non-hydrogen) atoms. The van der Waals surface area contributed by atoms with Gasteiger partial charge >= 0.3 is 12.3 Å². The first-order valence-corrected chi connectivity index (χ1v) is 9.48. The number of fused-ring (bicyclic) bond motifs is 1. The first kappa shape index (κ1) is 20.3. The number of nitrogens with one attached hydrogen (secondary N) is 1. The average molecular weight is 422 g/mol. The van der Waals surface area contributed by atoms with Crippen molar-refractivity contribution in [2.45, 2.75) is 25.8 Å². The lowest BCUT2D eigenvalue weighted by atomic mass is 10.0. The number of hydrogen-bond donors (Lipinski definition) is 1. The Bertz CT molecular complexity index is 958. The van der Waals surface area contributed by atoms with Crippen LogP contribution in [-0.4, -0.2) is 37.6 Å². The summed E-state index contributed by atoms with van der Waals surface area (Å²) >= 11 is 0. The Morgan fingerprint density at radius 3 is 2.60 bits per heavy atom. The van der Waals surface area contributed by atoms with E-state index in [1.165, 1.54) is 18.2 Å². The van der Waals surface area contributed by atoms with E-state index in [0.717, 1.165) is 5.69 Å². The number of carbonyl (C=O) groups is 1. The minimum absolute atomic E-state index is 0.149. The lowest BCUT2D eigenvalue weighted by Crippen LogP contribution is -2.48. The number of hydrogen-bond acceptors (Lipinski definition) is 6. The second-order valence-corrected chi connectivity index (χ2v) is 7.90. The van der Waals surface area contributed by atoms with Gasteiger partial charge in [0.2, 0.25) is 0 Å². The molecule has 1 fully saturated rings. The quantitative estimate of drug-likeness (QED) is 0.593. The Balaban J connectivity index is 1.63. The Labute approximate surface area is 171 Å². The number of benzene rings is 2. The number of alkyl halides is 3. The Kier molecular flexibility index (Phi) is 5.01. The SMILES string of the molecule is CC1(C)CN(c2cccc(OC(=O)C3CNC3)c2)c2ccc(OC(F)(F)F)cc2O1. The molecule has 0 radical (unpaired) electrons. The van der Waals surface area contributed by atoms with Gasteiger partial charge in [-0.2, -0.15) is 0 Å². The van der Waals surface area contributed by atoms with Gasteiger partial charge in [0.25, 0.3) is 0 Å². The molecule has 2 aromatic rings. The maximum absolute atomic E-state index is 12.6. The van der Waals surface area contributed by atoms with E-state index in [1.54, 1.807) is 18.2 Å². The second-order valence-electron chi connectivity index (χ2n) is 7.90. The monoisotopic (exact) mass is 422 g/mol. The highest BCUT2D eigenvalue weighted by molar-refractivity contribution is 5.78. The number of carbonyl (C=O) groups excluding carboxylic acids is 1. The molecule has 1 saturated heterocycles. The van der Waals surface area contributed by atoms with Crippen molar-refractivity contribution in [1.82, 2.24) is 5.32 Å². The zero-order valence-electron chi connectivity index (χ0n) is 16.5. The number of anilines is 2. The Morgan fingerprint density at radius 2 is 1.93 bits per heavy atom. The summed E-state index contributed by atoms with van der Waals surface area (Å²) in [5, 5.41) is 3.03. The van der Waals surface area contributed by atoms with E-state index >= 15 is 0 Å². The molecule has 9 heteroatoms. The Hall–Kier alpha value is -2.94. The number of halogens is 3. The minimum atomic E-state index is -4.79. The molecule has 0 atom stereocenters. The highest BCUT2D eigenvalue weighted by atomic mass is 19.4. The molecule has 2 heterocycles. The molecule has 0 aliphatic carbocycles. The van der Waals surface area contributed by atoms with Gasteiger partial charge in [0.05, 0.1) is 18.2 Å². The van der Waals surface area contributed by atoms with Crippen LogP contribution in [0.25, 0.3) is 0 Å². The fourth-order valence-electron chi connectivity index (χ4n) is 3.39. The minimum Gasteiger partial charge on any atom is -0.484 e. The summed E-state index contributed by atoms with van der Waals surface area (Å²) in [5.41, 5.74) is 0.651. The fourth-order valence-corrected chi connectivity index (χ4v) is 3.39. The molecule has 0 unspecified atom stereocenters. The molecule has 2 aromatic carbocycles. The summed E-state index contributed by atoms with van der Waals surface area (Å²) in [6, 6.07) is 11.0. The van der Waals surface area contributed by atoms with Crippen LogP contribution in [0.3, 0.4) is 0 Å². The maximum Gasteiger partial charge on any atom is 0.573 e. The summed E-state index contributed by atoms with van der Waals surface area (Å²) in [7, 11) is 0. The summed E-state index contributed by atoms with van der Waals surface area (Å²) in [6.07, 6.45) is -4.79. The largest absolute Gasteiger partial charge is 0.573 e. The molecule has 0 amide bonds. The van der Waals surface area contributed by atoms with Gasteiger partial charge in [-0.3, -0.25) is 4.79 Å². The van der Waals surface area contributed by atoms with Crippen LogP contribution in [-0.2, 0) is 4.79 Å². The topological polar surface area (TPSA) is 60.0 Å². The molecular formula is C21H21F3N2O4. The second kappa shape index (κ2) is 7.39. The van der Waals surface area contributed by atoms with Crippen LogP contribution in [0.2, 0.25) is 0 Å². The molecule has 4 rings (SSSR count). The van der Waals surface area contributed by atoms with Crippen LogP contribution in [0, 0.1) is 5.92 Å². The molecular weight excluding hydrogens is 401 g/mol. The zero-order valence-corrected chi connectivity index (χ0v) is 16.5. The Morgan fingerprint density at radius 1 is 1.17 bits per heavy atom. The number of rotatable bonds is 4. The van der Waals surface area contributed by atoms with Crippen molar-refractivity contribution in [2.24, 2.45) is 5.92 Å². The molecule has 0 spiro atoms. The number of nitrogens with zero attached hydrogens (tertiary/aromatic N) is 1. The summed E-state index contributed by atoms with van der Waals surface area (Å²) in [4.78, 5) is 14.0. The van der Waals surface area contributed by atoms with E-state index in [0.29, 0.717) is 31.1 Å². The third kappa shape index (κ3) is 4.46. The van der Waals surface area contributed by atoms with Crippen molar-refractivity contribution < 1.29 is 32.2 Å². The standard InChI is InChI=1S/C21H21F3N2O4/c1-20(2)12-26(17-7-6-16(9-18(17)30-20)29-21(22,23)24)14-4-3-5-15(8-14)28-19(27)13-10-25-11-13/h3-9,13,25H,10-12H2,1-2H3. The van der Waals surface area contributed by atoms with Crippen molar-refractivity contribution in [3.63, 3.8) is 0 Å². The van der Waals surface area contributed by atoms with Gasteiger partial charge < -0.3 is 24.4 Å². The summed E-state index contributed by atoms with van der Waals surface area (Å²) in [5.74, 6) is -0.106. The molecule has 6 nitrogen and oxygen atoms in total. The van der Waals surface area contributed by atoms with Gasteiger partial charge in [0.1, 0.15) is 22.8 Å². The van der Waals surface area contributed by atoms with Crippen LogP contribution < -0.4 is 24.4 Å². The molecule has 2 aliphatic rings. The summed E-state index contributed by atoms with van der Waals surface area (Å²) < 4.78 is 53.1. The van der Waals surface area contributed by atoms with E-state index in [-0.39, 0.29) is 23.4 Å². The first-order valence-electron chi connectivity index (χ1n) is 9.48. The van der Waals surface area contributed by atoms with E-state index in [4.69, 9.17) is 9.47 Å². The predicted octanol–water partition coefficient (Wildman–Crippen LogP) is 4.02. The van der Waals surface area contributed by atoms with E-state index in [1.807, 2.05) is 24.8 Å². The molecule has 1 N–H and O–H groups in total. The lowest BCUT2D eigenvalue weighted by Gasteiger charge is -2.41. The van der Waals surface area contributed by atoms with Crippen molar-refractivity contribution in [3.05, 3.63) is 42.5 Å². The molecule has 160 valence electrons. The van der Waals surface area contributed by atoms with Gasteiger partial charge in [-0.25, -0.2) is 0 Å². The molecule has 0 aromatic heterocycles. The predicted molar refractivity (Wildman–Crippen MR) is 103 cm³/mol. The third-order valence-corrected chi connectivity index (χ3v) is 4.84. The van der Waals surface area contributed by atoms with E-state index in [2.05, 4.69) is 10.1 Å². The maximum atomic E-state index is 12.6. The molecule has 0 bridgehead atoms. The normalized spacial score (nSPS) is 18.1. The zero-order chi connectivity index (χ0) is 21.5. The smallest absolute Gasteiger partial charge is 0.484 e. The lowest BCUT2D eigenvalue weighted by molar-refractivity contribution is -0.274. The van der Waals surface area contributed by atoms with Gasteiger partial charge in [-0.05, 0) is 38.1 Å². The van der Waals surface area contributed by atoms with Gasteiger partial charge in [0, 0.05) is 30.9 Å². The van der Waals surface area contributed by atoms with Crippen LogP contribution in [0.5, 0.6) is 17.2 Å². The average Bonchev–Trinajstić information content (AvgIpc) is 2.57. The number of ether oxygens (including phenoxy) is 3. The molecule has 0 saturated carbocycles. The van der Waals surface area contributed by atoms with Crippen molar-refractivity contribution in [2.75, 3.05) is 24.5 Å². The van der Waals surface area contributed by atoms with E-state index < -0.39 is 12.0 Å². The van der Waals surface area contributed by atoms with Crippen LogP contribution in [0.1, 0.15) is 13.8 Å². The van der Waals surface area contributed by atoms with Gasteiger partial charge in [0.15, 0.2) is 0 Å². The van der Waals surface area contributed by atoms with Crippen LogP contribution in [0.15, 0.2) is 42.5 Å². The van der Waals surface area contributed by atoms with Gasteiger partial charge in [-0.1, -0.05) is 6.07 Å². The van der Waals surface area contributed by atoms with Crippen LogP contribution >= 0.6 is 0 Å². The summed E-state index contributed by atoms with van der Waals surface area (Å²) in [6.45, 7) is 5.34. The van der Waals surface area contributed by atoms with E-state index in [9.17, 15) is 18.0 Å². The van der Waals surface area contributed by atoms with Crippen molar-refractivity contribution in [3.8, 4) is 17.2 Å².